The highest BCUT2D eigenvalue weighted by molar-refractivity contribution is 6.02. The molecule has 1 aliphatic heterocycles. The number of anilines is 2. The van der Waals surface area contributed by atoms with Crippen LogP contribution >= 0.6 is 0 Å². The summed E-state index contributed by atoms with van der Waals surface area (Å²) < 4.78 is 12.7. The van der Waals surface area contributed by atoms with Gasteiger partial charge in [0.2, 0.25) is 5.91 Å². The van der Waals surface area contributed by atoms with E-state index in [-0.39, 0.29) is 43.1 Å². The van der Waals surface area contributed by atoms with Crippen molar-refractivity contribution in [3.8, 4) is 5.75 Å². The molecule has 254 valence electrons. The Bertz CT molecular complexity index is 1260. The predicted octanol–water partition coefficient (Wildman–Crippen LogP) is 4.93. The van der Waals surface area contributed by atoms with Gasteiger partial charge in [0.25, 0.3) is 5.91 Å². The number of nitrogens with zero attached hydrogens (tertiary/aromatic N) is 3. The van der Waals surface area contributed by atoms with Gasteiger partial charge in [0.1, 0.15) is 5.75 Å². The molecule has 3 N–H and O–H groups in total. The number of ether oxygens (including phenoxy) is 2. The van der Waals surface area contributed by atoms with Crippen molar-refractivity contribution in [1.82, 2.24) is 14.7 Å². The number of nitrogens with one attached hydrogen (secondary N) is 2. The smallest absolute Gasteiger partial charge is 0.323 e. The van der Waals surface area contributed by atoms with E-state index in [1.807, 2.05) is 46.1 Å². The molecule has 1 aliphatic rings. The lowest BCUT2D eigenvalue weighted by Gasteiger charge is -2.36. The van der Waals surface area contributed by atoms with Crippen molar-refractivity contribution in [3.63, 3.8) is 0 Å². The molecule has 4 amide bonds. The van der Waals surface area contributed by atoms with E-state index in [9.17, 15) is 19.5 Å². The summed E-state index contributed by atoms with van der Waals surface area (Å²) in [6, 6.07) is 13.2. The van der Waals surface area contributed by atoms with Crippen molar-refractivity contribution in [2.24, 2.45) is 5.92 Å². The molecule has 4 atom stereocenters. The second kappa shape index (κ2) is 18.5. The van der Waals surface area contributed by atoms with Gasteiger partial charge in [-0.05, 0) is 90.5 Å². The van der Waals surface area contributed by atoms with Crippen molar-refractivity contribution >= 4 is 29.2 Å². The van der Waals surface area contributed by atoms with Gasteiger partial charge >= 0.3 is 6.03 Å². The maximum absolute atomic E-state index is 14.3. The molecule has 0 fully saturated rings. The molecule has 2 aromatic rings. The third-order valence-corrected chi connectivity index (χ3v) is 8.22. The molecule has 0 saturated carbocycles. The molecule has 11 nitrogen and oxygen atoms in total. The number of aliphatic hydroxyl groups excluding tert-OH is 1. The molecule has 46 heavy (non-hydrogen) atoms. The van der Waals surface area contributed by atoms with Crippen LogP contribution in [0.5, 0.6) is 5.75 Å². The maximum atomic E-state index is 14.3. The molecule has 0 saturated heterocycles. The van der Waals surface area contributed by atoms with Gasteiger partial charge in [-0.25, -0.2) is 4.79 Å². The summed E-state index contributed by atoms with van der Waals surface area (Å²) in [5, 5.41) is 15.8. The standard InChI is InChI=1S/C35H53N5O6/c1-25-22-40(26(2)24-41)34(43)30-21-29(37-35(44)36-28-14-8-7-9-15-28)17-18-31(30)46-27(3)13-10-11-20-45-32(25)23-39(6)33(42)16-12-19-38(4)5/h7-9,14-15,17-18,21,25-27,32,41H,10-13,16,19-20,22-24H2,1-6H3,(H2,36,37,44)/t25-,26+,27+,32-/m0/s1. The number of carbonyl (C=O) groups is 3. The van der Waals surface area contributed by atoms with E-state index in [4.69, 9.17) is 9.47 Å². The van der Waals surface area contributed by atoms with Crippen molar-refractivity contribution in [2.75, 3.05) is 64.6 Å². The molecular formula is C35H53N5O6. The zero-order valence-corrected chi connectivity index (χ0v) is 28.3. The first-order valence-corrected chi connectivity index (χ1v) is 16.3. The van der Waals surface area contributed by atoms with Gasteiger partial charge < -0.3 is 39.9 Å². The van der Waals surface area contributed by atoms with E-state index in [1.165, 1.54) is 0 Å². The summed E-state index contributed by atoms with van der Waals surface area (Å²) in [7, 11) is 5.78. The molecule has 0 aliphatic carbocycles. The highest BCUT2D eigenvalue weighted by Crippen LogP contribution is 2.28. The van der Waals surface area contributed by atoms with Crippen molar-refractivity contribution < 1.29 is 29.0 Å². The van der Waals surface area contributed by atoms with Crippen molar-refractivity contribution in [1.29, 1.82) is 0 Å². The topological polar surface area (TPSA) is 124 Å². The summed E-state index contributed by atoms with van der Waals surface area (Å²) in [4.78, 5) is 45.4. The van der Waals surface area contributed by atoms with E-state index < -0.39 is 12.1 Å². The van der Waals surface area contributed by atoms with Crippen LogP contribution in [0, 0.1) is 5.92 Å². The van der Waals surface area contributed by atoms with Gasteiger partial charge in [0.15, 0.2) is 0 Å². The number of fused-ring (bicyclic) bond motifs is 1. The molecule has 3 rings (SSSR count). The molecule has 0 radical (unpaired) electrons. The largest absolute Gasteiger partial charge is 0.490 e. The molecule has 0 unspecified atom stereocenters. The van der Waals surface area contributed by atoms with E-state index in [1.54, 1.807) is 54.1 Å². The molecule has 1 heterocycles. The first-order valence-electron chi connectivity index (χ1n) is 16.3. The van der Waals surface area contributed by atoms with Crippen LogP contribution in [0.25, 0.3) is 0 Å². The summed E-state index contributed by atoms with van der Waals surface area (Å²) in [5.74, 6) is -0.00187. The van der Waals surface area contributed by atoms with Gasteiger partial charge in [-0.2, -0.15) is 0 Å². The lowest BCUT2D eigenvalue weighted by Crippen LogP contribution is -2.48. The van der Waals surface area contributed by atoms with Gasteiger partial charge in [-0.15, -0.1) is 0 Å². The van der Waals surface area contributed by atoms with E-state index >= 15 is 0 Å². The minimum atomic E-state index is -0.503. The van der Waals surface area contributed by atoms with Gasteiger partial charge in [0.05, 0.1) is 30.4 Å². The number of aliphatic hydroxyl groups is 1. The number of rotatable bonds is 10. The van der Waals surface area contributed by atoms with Crippen LogP contribution in [0.4, 0.5) is 16.2 Å². The van der Waals surface area contributed by atoms with Crippen LogP contribution < -0.4 is 15.4 Å². The fraction of sp³-hybridized carbons (Fsp3) is 0.571. The Labute approximate surface area is 274 Å². The molecule has 11 heteroatoms. The number of benzene rings is 2. The van der Waals surface area contributed by atoms with E-state index in [2.05, 4.69) is 15.5 Å². The number of carbonyl (C=O) groups excluding carboxylic acids is 3. The van der Waals surface area contributed by atoms with Crippen LogP contribution in [0.1, 0.15) is 63.2 Å². The third kappa shape index (κ3) is 11.6. The van der Waals surface area contributed by atoms with Gasteiger partial charge in [-0.3, -0.25) is 9.59 Å². The quantitative estimate of drug-likeness (QED) is 0.337. The highest BCUT2D eigenvalue weighted by Gasteiger charge is 2.31. The first-order chi connectivity index (χ1) is 22.0. The Morgan fingerprint density at radius 3 is 2.46 bits per heavy atom. The normalized spacial score (nSPS) is 20.2. The average molecular weight is 640 g/mol. The minimum Gasteiger partial charge on any atom is -0.490 e. The summed E-state index contributed by atoms with van der Waals surface area (Å²) in [5.41, 5.74) is 1.36. The molecule has 0 bridgehead atoms. The van der Waals surface area contributed by atoms with Crippen LogP contribution in [0.15, 0.2) is 48.5 Å². The van der Waals surface area contributed by atoms with Gasteiger partial charge in [0, 0.05) is 50.5 Å². The minimum absolute atomic E-state index is 0.0601. The number of hydrogen-bond acceptors (Lipinski definition) is 7. The van der Waals surface area contributed by atoms with Crippen molar-refractivity contribution in [2.45, 2.75) is 71.1 Å². The van der Waals surface area contributed by atoms with Gasteiger partial charge in [-0.1, -0.05) is 25.1 Å². The summed E-state index contributed by atoms with van der Waals surface area (Å²) in [6.45, 7) is 7.59. The fourth-order valence-electron chi connectivity index (χ4n) is 5.39. The summed E-state index contributed by atoms with van der Waals surface area (Å²) in [6.07, 6.45) is 3.22. The van der Waals surface area contributed by atoms with Crippen molar-refractivity contribution in [3.05, 3.63) is 54.1 Å². The SMILES string of the molecule is C[C@@H]1CCCCO[C@@H](CN(C)C(=O)CCCN(C)C)[C@@H](C)CN([C@H](C)CO)C(=O)c2cc(NC(=O)Nc3ccccc3)ccc2O1. The highest BCUT2D eigenvalue weighted by atomic mass is 16.5. The number of para-hydroxylation sites is 1. The second-order valence-corrected chi connectivity index (χ2v) is 12.6. The number of hydrogen-bond donors (Lipinski definition) is 3. The van der Waals surface area contributed by atoms with E-state index in [0.29, 0.717) is 42.3 Å². The predicted molar refractivity (Wildman–Crippen MR) is 181 cm³/mol. The van der Waals surface area contributed by atoms with Crippen LogP contribution in [0.2, 0.25) is 0 Å². The Kier molecular flexibility index (Phi) is 14.8. The lowest BCUT2D eigenvalue weighted by molar-refractivity contribution is -0.132. The zero-order valence-electron chi connectivity index (χ0n) is 28.3. The second-order valence-electron chi connectivity index (χ2n) is 12.6. The first kappa shape index (κ1) is 36.8. The molecule has 0 spiro atoms. The fourth-order valence-corrected chi connectivity index (χ4v) is 5.39. The van der Waals surface area contributed by atoms with Crippen LogP contribution in [-0.2, 0) is 9.53 Å². The summed E-state index contributed by atoms with van der Waals surface area (Å²) >= 11 is 0. The zero-order chi connectivity index (χ0) is 33.6. The number of amides is 4. The Hall–Kier alpha value is -3.67. The Morgan fingerprint density at radius 2 is 1.76 bits per heavy atom. The third-order valence-electron chi connectivity index (χ3n) is 8.22. The van der Waals surface area contributed by atoms with Crippen LogP contribution in [-0.4, -0.2) is 110 Å². The van der Waals surface area contributed by atoms with E-state index in [0.717, 1.165) is 32.2 Å². The molecule has 2 aromatic carbocycles. The molecular weight excluding hydrogens is 586 g/mol. The average Bonchev–Trinajstić information content (AvgIpc) is 3.02. The Morgan fingerprint density at radius 1 is 1.04 bits per heavy atom. The lowest BCUT2D eigenvalue weighted by atomic mass is 10.0. The Balaban J connectivity index is 1.87. The molecule has 0 aromatic heterocycles. The number of urea groups is 1. The van der Waals surface area contributed by atoms with Crippen LogP contribution in [0.3, 0.4) is 0 Å². The monoisotopic (exact) mass is 639 g/mol. The number of likely N-dealkylation sites (N-methyl/N-ethyl adjacent to an activating group) is 1. The maximum Gasteiger partial charge on any atom is 0.323 e.